The van der Waals surface area contributed by atoms with Gasteiger partial charge in [-0.2, -0.15) is 10.5 Å². The number of allylic oxidation sites excluding steroid dienone is 4. The van der Waals surface area contributed by atoms with Gasteiger partial charge < -0.3 is 0 Å². The zero-order chi connectivity index (χ0) is 15.8. The first-order valence-corrected chi connectivity index (χ1v) is 7.24. The summed E-state index contributed by atoms with van der Waals surface area (Å²) in [6.45, 7) is 4.18. The van der Waals surface area contributed by atoms with E-state index in [9.17, 15) is 9.59 Å². The summed E-state index contributed by atoms with van der Waals surface area (Å²) in [5, 5.41) is 17.5. The van der Waals surface area contributed by atoms with Gasteiger partial charge in [0.2, 0.25) is 11.6 Å². The van der Waals surface area contributed by atoms with Crippen molar-refractivity contribution in [1.82, 2.24) is 0 Å². The Morgan fingerprint density at radius 1 is 1.29 bits per heavy atom. The average molecular weight is 284 g/mol. The van der Waals surface area contributed by atoms with Crippen LogP contribution in [-0.4, -0.2) is 11.6 Å². The Hall–Kier alpha value is -2.20. The summed E-state index contributed by atoms with van der Waals surface area (Å²) in [4.78, 5) is 23.3. The predicted octanol–water partition coefficient (Wildman–Crippen LogP) is 3.26. The lowest BCUT2D eigenvalue weighted by molar-refractivity contribution is -0.126. The molecule has 0 aromatic carbocycles. The van der Waals surface area contributed by atoms with Gasteiger partial charge in [-0.15, -0.1) is 0 Å². The van der Waals surface area contributed by atoms with E-state index in [0.29, 0.717) is 12.8 Å². The number of ketones is 2. The molecule has 4 heteroatoms. The molecule has 0 fully saturated rings. The Labute approximate surface area is 125 Å². The molecule has 0 saturated heterocycles. The molecular weight excluding hydrogens is 264 g/mol. The number of hydrogen-bond donors (Lipinski definition) is 0. The Morgan fingerprint density at radius 3 is 2.48 bits per heavy atom. The van der Waals surface area contributed by atoms with Gasteiger partial charge in [0, 0.05) is 11.8 Å². The fourth-order valence-electron chi connectivity index (χ4n) is 2.55. The van der Waals surface area contributed by atoms with Crippen molar-refractivity contribution in [2.75, 3.05) is 0 Å². The molecule has 0 N–H and O–H groups in total. The molecule has 1 rings (SSSR count). The van der Waals surface area contributed by atoms with Crippen LogP contribution in [0.15, 0.2) is 23.3 Å². The molecule has 2 unspecified atom stereocenters. The summed E-state index contributed by atoms with van der Waals surface area (Å²) in [5.74, 6) is -2.49. The van der Waals surface area contributed by atoms with Crippen LogP contribution in [0.2, 0.25) is 0 Å². The first-order chi connectivity index (χ1) is 10.0. The first kappa shape index (κ1) is 16.9. The molecule has 0 saturated carbocycles. The van der Waals surface area contributed by atoms with Crippen LogP contribution in [0.3, 0.4) is 0 Å². The van der Waals surface area contributed by atoms with E-state index >= 15 is 0 Å². The van der Waals surface area contributed by atoms with Crippen LogP contribution >= 0.6 is 0 Å². The Kier molecular flexibility index (Phi) is 6.56. The highest BCUT2D eigenvalue weighted by atomic mass is 16.1. The quantitative estimate of drug-likeness (QED) is 0.553. The summed E-state index contributed by atoms with van der Waals surface area (Å²) in [6, 6.07) is 3.19. The number of nitrogens with zero attached hydrogens (tertiary/aromatic N) is 2. The molecule has 0 amide bonds. The minimum Gasteiger partial charge on any atom is -0.282 e. The number of hydrogen-bond acceptors (Lipinski definition) is 4. The zero-order valence-electron chi connectivity index (χ0n) is 12.6. The molecule has 0 radical (unpaired) electrons. The number of carbonyl (C=O) groups is 2. The maximum atomic E-state index is 11.7. The molecular formula is C17H20N2O2. The molecule has 0 heterocycles. The summed E-state index contributed by atoms with van der Waals surface area (Å²) < 4.78 is 0. The van der Waals surface area contributed by atoms with Gasteiger partial charge in [0.05, 0.1) is 0 Å². The largest absolute Gasteiger partial charge is 0.282 e. The Morgan fingerprint density at radius 2 is 1.90 bits per heavy atom. The lowest BCUT2D eigenvalue weighted by Gasteiger charge is -2.26. The monoisotopic (exact) mass is 284 g/mol. The zero-order valence-corrected chi connectivity index (χ0v) is 12.6. The molecule has 1 aliphatic rings. The van der Waals surface area contributed by atoms with Crippen LogP contribution in [0.25, 0.3) is 0 Å². The minimum atomic E-state index is -0.654. The van der Waals surface area contributed by atoms with E-state index in [1.165, 1.54) is 5.57 Å². The normalized spacial score (nSPS) is 21.9. The first-order valence-electron chi connectivity index (χ1n) is 7.24. The van der Waals surface area contributed by atoms with E-state index in [2.05, 4.69) is 19.9 Å². The van der Waals surface area contributed by atoms with Crippen molar-refractivity contribution in [2.45, 2.75) is 46.0 Å². The second-order valence-corrected chi connectivity index (χ2v) is 5.41. The van der Waals surface area contributed by atoms with Gasteiger partial charge in [-0.1, -0.05) is 30.2 Å². The molecule has 0 aliphatic heterocycles. The van der Waals surface area contributed by atoms with Crippen molar-refractivity contribution < 1.29 is 9.59 Å². The number of carbonyl (C=O) groups excluding carboxylic acids is 2. The summed E-state index contributed by atoms with van der Waals surface area (Å²) in [5.41, 5.74) is 2.43. The number of Topliss-reactive ketones (excluding diaryl/α,β-unsaturated/α-hetero) is 2. The third-order valence-corrected chi connectivity index (χ3v) is 4.04. The van der Waals surface area contributed by atoms with Gasteiger partial charge in [0.15, 0.2) is 0 Å². The molecule has 2 atom stereocenters. The fourth-order valence-corrected chi connectivity index (χ4v) is 2.55. The SMILES string of the molecule is CC/C(C)=C/CCC1=CCC(C(=O)C#N)C(C(=O)C#N)C1. The van der Waals surface area contributed by atoms with Crippen LogP contribution in [0, 0.1) is 34.5 Å². The van der Waals surface area contributed by atoms with E-state index in [0.717, 1.165) is 24.8 Å². The van der Waals surface area contributed by atoms with Gasteiger partial charge in [-0.25, -0.2) is 0 Å². The molecule has 1 aliphatic carbocycles. The van der Waals surface area contributed by atoms with Gasteiger partial charge in [0.25, 0.3) is 0 Å². The van der Waals surface area contributed by atoms with Crippen LogP contribution in [-0.2, 0) is 9.59 Å². The summed E-state index contributed by atoms with van der Waals surface area (Å²) >= 11 is 0. The van der Waals surface area contributed by atoms with Crippen molar-refractivity contribution in [1.29, 1.82) is 10.5 Å². The number of rotatable bonds is 6. The van der Waals surface area contributed by atoms with Crippen LogP contribution in [0.5, 0.6) is 0 Å². The van der Waals surface area contributed by atoms with Crippen molar-refractivity contribution in [3.8, 4) is 12.1 Å². The third-order valence-electron chi connectivity index (χ3n) is 4.04. The topological polar surface area (TPSA) is 81.7 Å². The highest BCUT2D eigenvalue weighted by molar-refractivity contribution is 6.03. The number of nitriles is 2. The van der Waals surface area contributed by atoms with Crippen LogP contribution in [0.1, 0.15) is 46.0 Å². The van der Waals surface area contributed by atoms with E-state index < -0.39 is 23.4 Å². The highest BCUT2D eigenvalue weighted by Crippen LogP contribution is 2.33. The maximum absolute atomic E-state index is 11.7. The minimum absolute atomic E-state index is 0.385. The Balaban J connectivity index is 2.78. The maximum Gasteiger partial charge on any atom is 0.236 e. The van der Waals surface area contributed by atoms with E-state index in [1.54, 1.807) is 12.1 Å². The van der Waals surface area contributed by atoms with Gasteiger partial charge in [-0.3, -0.25) is 9.59 Å². The van der Waals surface area contributed by atoms with Gasteiger partial charge in [0.1, 0.15) is 12.1 Å². The van der Waals surface area contributed by atoms with E-state index in [-0.39, 0.29) is 0 Å². The third kappa shape index (κ3) is 4.68. The molecule has 110 valence electrons. The Bertz CT molecular complexity index is 558. The molecule has 0 bridgehead atoms. The van der Waals surface area contributed by atoms with Gasteiger partial charge >= 0.3 is 0 Å². The molecule has 21 heavy (non-hydrogen) atoms. The van der Waals surface area contributed by atoms with Crippen molar-refractivity contribution in [3.05, 3.63) is 23.3 Å². The summed E-state index contributed by atoms with van der Waals surface area (Å²) in [7, 11) is 0. The van der Waals surface area contributed by atoms with Crippen molar-refractivity contribution >= 4 is 11.6 Å². The van der Waals surface area contributed by atoms with Crippen molar-refractivity contribution in [3.63, 3.8) is 0 Å². The highest BCUT2D eigenvalue weighted by Gasteiger charge is 2.35. The van der Waals surface area contributed by atoms with E-state index in [1.807, 2.05) is 6.08 Å². The van der Waals surface area contributed by atoms with Crippen molar-refractivity contribution in [2.24, 2.45) is 11.8 Å². The van der Waals surface area contributed by atoms with E-state index in [4.69, 9.17) is 10.5 Å². The summed E-state index contributed by atoms with van der Waals surface area (Å²) in [6.07, 6.45) is 7.69. The molecule has 0 spiro atoms. The lowest BCUT2D eigenvalue weighted by atomic mass is 9.74. The second kappa shape index (κ2) is 8.17. The van der Waals surface area contributed by atoms with Crippen LogP contribution in [0.4, 0.5) is 0 Å². The molecule has 0 aromatic heterocycles. The fraction of sp³-hybridized carbons (Fsp3) is 0.529. The second-order valence-electron chi connectivity index (χ2n) is 5.41. The standard InChI is InChI=1S/C17H20N2O2/c1-3-12(2)5-4-6-13-7-8-14(16(20)10-18)15(9-13)17(21)11-19/h5,7,14-15H,3-4,6,8-9H2,1-2H3/b12-5+. The molecule has 0 aromatic rings. The van der Waals surface area contributed by atoms with Gasteiger partial charge in [-0.05, 0) is 39.0 Å². The predicted molar refractivity (Wildman–Crippen MR) is 78.8 cm³/mol. The van der Waals surface area contributed by atoms with Crippen LogP contribution < -0.4 is 0 Å². The average Bonchev–Trinajstić information content (AvgIpc) is 2.52. The smallest absolute Gasteiger partial charge is 0.236 e. The molecule has 4 nitrogen and oxygen atoms in total. The lowest BCUT2D eigenvalue weighted by Crippen LogP contribution is -2.31.